The summed E-state index contributed by atoms with van der Waals surface area (Å²) >= 11 is 0. The number of nitrogen functional groups attached to an aromatic ring is 1. The van der Waals surface area contributed by atoms with Gasteiger partial charge < -0.3 is 25.4 Å². The lowest BCUT2D eigenvalue weighted by Crippen LogP contribution is -2.34. The van der Waals surface area contributed by atoms with Gasteiger partial charge in [-0.2, -0.15) is 0 Å². The monoisotopic (exact) mass is 389 g/mol. The van der Waals surface area contributed by atoms with Crippen LogP contribution in [0.2, 0.25) is 0 Å². The van der Waals surface area contributed by atoms with Crippen molar-refractivity contribution >= 4 is 17.0 Å². The zero-order valence-corrected chi connectivity index (χ0v) is 15.0. The number of hydrogen-bond acceptors (Lipinski definition) is 8. The molecule has 0 radical (unpaired) electrons. The van der Waals surface area contributed by atoms with Crippen LogP contribution in [-0.4, -0.2) is 54.7 Å². The molecule has 28 heavy (non-hydrogen) atoms. The molecule has 3 aromatic rings. The Kier molecular flexibility index (Phi) is 4.94. The van der Waals surface area contributed by atoms with Crippen LogP contribution in [0.1, 0.15) is 24.8 Å². The van der Waals surface area contributed by atoms with Crippen molar-refractivity contribution in [1.82, 2.24) is 19.5 Å². The molecule has 0 saturated carbocycles. The minimum Gasteiger partial charge on any atom is -0.387 e. The zero-order valence-electron chi connectivity index (χ0n) is 15.0. The molecule has 10 heteroatoms. The molecule has 2 aromatic heterocycles. The number of halogens is 1. The first-order valence-corrected chi connectivity index (χ1v) is 8.77. The van der Waals surface area contributed by atoms with Gasteiger partial charge in [0.25, 0.3) is 0 Å². The van der Waals surface area contributed by atoms with Crippen molar-refractivity contribution in [2.24, 2.45) is 0 Å². The van der Waals surface area contributed by atoms with Gasteiger partial charge in [-0.15, -0.1) is 0 Å². The second-order valence-electron chi connectivity index (χ2n) is 6.66. The molecular weight excluding hydrogens is 369 g/mol. The summed E-state index contributed by atoms with van der Waals surface area (Å²) in [5.41, 5.74) is 7.35. The highest BCUT2D eigenvalue weighted by Gasteiger charge is 2.44. The van der Waals surface area contributed by atoms with E-state index < -0.39 is 24.5 Å². The van der Waals surface area contributed by atoms with Crippen LogP contribution < -0.4 is 5.73 Å². The Morgan fingerprint density at radius 2 is 1.96 bits per heavy atom. The maximum absolute atomic E-state index is 13.0. The summed E-state index contributed by atoms with van der Waals surface area (Å²) < 4.78 is 26.1. The fraction of sp³-hybridized carbons (Fsp3) is 0.389. The maximum Gasteiger partial charge on any atom is 0.167 e. The Bertz CT molecular complexity index is 966. The van der Waals surface area contributed by atoms with Crippen LogP contribution in [0.4, 0.5) is 10.2 Å². The molecule has 1 aromatic carbocycles. The zero-order chi connectivity index (χ0) is 19.8. The molecule has 9 nitrogen and oxygen atoms in total. The molecule has 3 heterocycles. The van der Waals surface area contributed by atoms with E-state index in [-0.39, 0.29) is 24.3 Å². The normalized spacial score (nSPS) is 26.0. The van der Waals surface area contributed by atoms with Gasteiger partial charge in [0.15, 0.2) is 17.7 Å². The summed E-state index contributed by atoms with van der Waals surface area (Å²) in [4.78, 5) is 12.1. The minimum atomic E-state index is -1.21. The molecule has 0 spiro atoms. The smallest absolute Gasteiger partial charge is 0.167 e. The van der Waals surface area contributed by atoms with E-state index in [0.29, 0.717) is 11.2 Å². The van der Waals surface area contributed by atoms with Crippen molar-refractivity contribution in [1.29, 1.82) is 0 Å². The Morgan fingerprint density at radius 3 is 2.71 bits per heavy atom. The van der Waals surface area contributed by atoms with Gasteiger partial charge in [-0.05, 0) is 24.6 Å². The van der Waals surface area contributed by atoms with E-state index in [1.807, 2.05) is 6.92 Å². The van der Waals surface area contributed by atoms with Crippen LogP contribution in [0, 0.1) is 5.82 Å². The lowest BCUT2D eigenvalue weighted by molar-refractivity contribution is -0.0788. The first-order valence-electron chi connectivity index (χ1n) is 8.77. The number of hydrogen-bond donors (Lipinski definition) is 3. The minimum absolute atomic E-state index is 0.0387. The summed E-state index contributed by atoms with van der Waals surface area (Å²) in [5, 5.41) is 20.8. The summed E-state index contributed by atoms with van der Waals surface area (Å²) in [6.45, 7) is 1.85. The highest BCUT2D eigenvalue weighted by Crippen LogP contribution is 2.32. The Balaban J connectivity index is 1.47. The molecule has 148 valence electrons. The highest BCUT2D eigenvalue weighted by molar-refractivity contribution is 5.81. The van der Waals surface area contributed by atoms with Crippen LogP contribution in [0.3, 0.4) is 0 Å². The predicted molar refractivity (Wildman–Crippen MR) is 96.4 cm³/mol. The standard InChI is InChI=1S/C18H20FN5O4/c1-9(10-2-4-11(19)5-3-10)27-6-12-14(25)15(26)18(28-12)24-8-23-13-16(20)21-7-22-17(13)24/h2-5,7-9,12,14-15,18,25-26H,6H2,1H3,(H2,20,21,22)/t9-,12+,14+,15+,18+/m0/s1. The van der Waals surface area contributed by atoms with Gasteiger partial charge in [-0.1, -0.05) is 12.1 Å². The van der Waals surface area contributed by atoms with Crippen molar-refractivity contribution in [2.75, 3.05) is 12.3 Å². The van der Waals surface area contributed by atoms with Gasteiger partial charge in [0.1, 0.15) is 36.0 Å². The second-order valence-corrected chi connectivity index (χ2v) is 6.66. The average Bonchev–Trinajstić information content (AvgIpc) is 3.23. The van der Waals surface area contributed by atoms with Gasteiger partial charge in [0.05, 0.1) is 19.0 Å². The number of benzene rings is 1. The molecule has 4 rings (SSSR count). The van der Waals surface area contributed by atoms with E-state index in [9.17, 15) is 14.6 Å². The van der Waals surface area contributed by atoms with Crippen molar-refractivity contribution in [2.45, 2.75) is 37.6 Å². The number of aliphatic hydroxyl groups excluding tert-OH is 2. The number of rotatable bonds is 5. The number of fused-ring (bicyclic) bond motifs is 1. The molecule has 5 atom stereocenters. The largest absolute Gasteiger partial charge is 0.387 e. The van der Waals surface area contributed by atoms with Gasteiger partial charge >= 0.3 is 0 Å². The Hall–Kier alpha value is -2.66. The summed E-state index contributed by atoms with van der Waals surface area (Å²) in [7, 11) is 0. The molecule has 1 fully saturated rings. The van der Waals surface area contributed by atoms with Crippen molar-refractivity contribution in [3.8, 4) is 0 Å². The molecule has 1 aliphatic heterocycles. The molecule has 1 aliphatic rings. The van der Waals surface area contributed by atoms with E-state index in [1.54, 1.807) is 12.1 Å². The van der Waals surface area contributed by atoms with Crippen LogP contribution in [0.15, 0.2) is 36.9 Å². The second kappa shape index (κ2) is 7.40. The summed E-state index contributed by atoms with van der Waals surface area (Å²) in [5.74, 6) is -0.113. The molecule has 0 amide bonds. The van der Waals surface area contributed by atoms with Crippen molar-refractivity contribution in [3.63, 3.8) is 0 Å². The number of anilines is 1. The highest BCUT2D eigenvalue weighted by atomic mass is 19.1. The first-order chi connectivity index (χ1) is 13.5. The Labute approximate surface area is 159 Å². The lowest BCUT2D eigenvalue weighted by atomic mass is 10.1. The molecular formula is C18H20FN5O4. The quantitative estimate of drug-likeness (QED) is 0.588. The predicted octanol–water partition coefficient (Wildman–Crippen LogP) is 0.945. The van der Waals surface area contributed by atoms with Crippen LogP contribution in [0.25, 0.3) is 11.2 Å². The molecule has 0 bridgehead atoms. The lowest BCUT2D eigenvalue weighted by Gasteiger charge is -2.19. The number of ether oxygens (including phenoxy) is 2. The van der Waals surface area contributed by atoms with Gasteiger partial charge in [0, 0.05) is 0 Å². The van der Waals surface area contributed by atoms with E-state index in [4.69, 9.17) is 15.2 Å². The molecule has 4 N–H and O–H groups in total. The summed E-state index contributed by atoms with van der Waals surface area (Å²) in [6, 6.07) is 5.97. The Morgan fingerprint density at radius 1 is 1.21 bits per heavy atom. The fourth-order valence-electron chi connectivity index (χ4n) is 3.22. The van der Waals surface area contributed by atoms with Gasteiger partial charge in [0.2, 0.25) is 0 Å². The van der Waals surface area contributed by atoms with Crippen LogP contribution in [-0.2, 0) is 9.47 Å². The fourth-order valence-corrected chi connectivity index (χ4v) is 3.22. The van der Waals surface area contributed by atoms with Gasteiger partial charge in [-0.25, -0.2) is 19.3 Å². The third-order valence-corrected chi connectivity index (χ3v) is 4.85. The molecule has 0 unspecified atom stereocenters. The third kappa shape index (κ3) is 3.31. The van der Waals surface area contributed by atoms with Gasteiger partial charge in [-0.3, -0.25) is 4.57 Å². The van der Waals surface area contributed by atoms with Crippen molar-refractivity contribution < 1.29 is 24.1 Å². The van der Waals surface area contributed by atoms with E-state index >= 15 is 0 Å². The number of aliphatic hydroxyl groups is 2. The number of nitrogens with two attached hydrogens (primary N) is 1. The number of aromatic nitrogens is 4. The number of nitrogens with zero attached hydrogens (tertiary/aromatic N) is 4. The third-order valence-electron chi connectivity index (χ3n) is 4.85. The van der Waals surface area contributed by atoms with Crippen LogP contribution >= 0.6 is 0 Å². The summed E-state index contributed by atoms with van der Waals surface area (Å²) in [6.07, 6.45) is -1.65. The first kappa shape index (κ1) is 18.7. The maximum atomic E-state index is 13.0. The average molecular weight is 389 g/mol. The number of imidazole rings is 1. The molecule has 0 aliphatic carbocycles. The topological polar surface area (TPSA) is 129 Å². The SMILES string of the molecule is C[C@H](OC[C@H]1O[C@@H](n2cnc3c(N)ncnc32)[C@H](O)[C@@H]1O)c1ccc(F)cc1. The van der Waals surface area contributed by atoms with E-state index in [0.717, 1.165) is 5.56 Å². The van der Waals surface area contributed by atoms with Crippen LogP contribution in [0.5, 0.6) is 0 Å². The van der Waals surface area contributed by atoms with Crippen molar-refractivity contribution in [3.05, 3.63) is 48.3 Å². The molecule has 1 saturated heterocycles. The van der Waals surface area contributed by atoms with E-state index in [2.05, 4.69) is 15.0 Å². The van der Waals surface area contributed by atoms with E-state index in [1.165, 1.54) is 29.4 Å².